The molecule has 0 fully saturated rings. The molecule has 5 heteroatoms. The standard InChI is InChI=1S/C14H12N2O2S/c1-8-3-9(2)14-12(4-8)13(17)10(6-18-14)5-11-7-19-16-15-11/h3-5,7H,6H2,1-2H3/b10-5-. The molecular weight excluding hydrogens is 260 g/mol. The third kappa shape index (κ3) is 2.17. The van der Waals surface area contributed by atoms with Gasteiger partial charge in [0.2, 0.25) is 0 Å². The number of aryl methyl sites for hydroxylation is 2. The minimum atomic E-state index is 0.0149. The van der Waals surface area contributed by atoms with Crippen LogP contribution in [0.1, 0.15) is 27.2 Å². The zero-order valence-corrected chi connectivity index (χ0v) is 11.5. The van der Waals surface area contributed by atoms with Gasteiger partial charge in [-0.25, -0.2) is 0 Å². The molecule has 96 valence electrons. The lowest BCUT2D eigenvalue weighted by Gasteiger charge is -2.21. The van der Waals surface area contributed by atoms with Gasteiger partial charge in [-0.05, 0) is 48.6 Å². The van der Waals surface area contributed by atoms with E-state index in [1.807, 2.05) is 26.0 Å². The third-order valence-electron chi connectivity index (χ3n) is 3.03. The Morgan fingerprint density at radius 1 is 1.37 bits per heavy atom. The highest BCUT2D eigenvalue weighted by molar-refractivity contribution is 7.03. The summed E-state index contributed by atoms with van der Waals surface area (Å²) in [7, 11) is 0. The molecule has 0 amide bonds. The number of nitrogens with zero attached hydrogens (tertiary/aromatic N) is 2. The fourth-order valence-corrected chi connectivity index (χ4v) is 2.64. The summed E-state index contributed by atoms with van der Waals surface area (Å²) in [5.74, 6) is 0.713. The van der Waals surface area contributed by atoms with E-state index in [9.17, 15) is 4.79 Å². The van der Waals surface area contributed by atoms with Crippen LogP contribution in [0.5, 0.6) is 5.75 Å². The van der Waals surface area contributed by atoms with Crippen molar-refractivity contribution in [2.45, 2.75) is 13.8 Å². The fourth-order valence-electron chi connectivity index (χ4n) is 2.22. The number of ether oxygens (including phenoxy) is 1. The van der Waals surface area contributed by atoms with E-state index in [0.29, 0.717) is 22.6 Å². The number of hydrogen-bond acceptors (Lipinski definition) is 5. The van der Waals surface area contributed by atoms with Gasteiger partial charge in [-0.15, -0.1) is 5.10 Å². The highest BCUT2D eigenvalue weighted by Crippen LogP contribution is 2.32. The smallest absolute Gasteiger partial charge is 0.196 e. The van der Waals surface area contributed by atoms with Crippen molar-refractivity contribution in [1.82, 2.24) is 9.59 Å². The maximum Gasteiger partial charge on any atom is 0.196 e. The van der Waals surface area contributed by atoms with Crippen LogP contribution in [0.25, 0.3) is 6.08 Å². The van der Waals surface area contributed by atoms with Crippen LogP contribution < -0.4 is 4.74 Å². The number of aromatic nitrogens is 2. The zero-order valence-electron chi connectivity index (χ0n) is 10.6. The molecule has 0 saturated carbocycles. The van der Waals surface area contributed by atoms with E-state index < -0.39 is 0 Å². The molecule has 0 N–H and O–H groups in total. The lowest BCUT2D eigenvalue weighted by molar-refractivity contribution is 0.1000. The molecule has 0 saturated heterocycles. The average Bonchev–Trinajstić information content (AvgIpc) is 2.86. The third-order valence-corrected chi connectivity index (χ3v) is 3.55. The number of Topliss-reactive ketones (excluding diaryl/α,β-unsaturated/α-hetero) is 1. The Bertz CT molecular complexity index is 675. The lowest BCUT2D eigenvalue weighted by atomic mass is 9.95. The number of rotatable bonds is 1. The van der Waals surface area contributed by atoms with Crippen molar-refractivity contribution in [2.75, 3.05) is 6.61 Å². The van der Waals surface area contributed by atoms with Gasteiger partial charge in [0.25, 0.3) is 0 Å². The Morgan fingerprint density at radius 2 is 2.21 bits per heavy atom. The van der Waals surface area contributed by atoms with Crippen molar-refractivity contribution < 1.29 is 9.53 Å². The van der Waals surface area contributed by atoms with Crippen LogP contribution in [-0.2, 0) is 0 Å². The summed E-state index contributed by atoms with van der Waals surface area (Å²) in [6, 6.07) is 3.89. The molecule has 2 heterocycles. The summed E-state index contributed by atoms with van der Waals surface area (Å²) >= 11 is 1.26. The molecular formula is C14H12N2O2S. The Hall–Kier alpha value is -2.01. The van der Waals surface area contributed by atoms with Crippen molar-refractivity contribution in [1.29, 1.82) is 0 Å². The number of ketones is 1. The number of carbonyl (C=O) groups is 1. The van der Waals surface area contributed by atoms with E-state index in [1.165, 1.54) is 11.5 Å². The molecule has 0 bridgehead atoms. The van der Waals surface area contributed by atoms with E-state index in [2.05, 4.69) is 9.59 Å². The topological polar surface area (TPSA) is 52.1 Å². The summed E-state index contributed by atoms with van der Waals surface area (Å²) in [5.41, 5.74) is 4.01. The molecule has 1 aliphatic rings. The highest BCUT2D eigenvalue weighted by atomic mass is 32.1. The molecule has 1 aliphatic heterocycles. The van der Waals surface area contributed by atoms with Crippen molar-refractivity contribution >= 4 is 23.4 Å². The monoisotopic (exact) mass is 272 g/mol. The van der Waals surface area contributed by atoms with Gasteiger partial charge in [0.15, 0.2) is 5.78 Å². The van der Waals surface area contributed by atoms with Gasteiger partial charge in [0.1, 0.15) is 12.4 Å². The average molecular weight is 272 g/mol. The number of benzene rings is 1. The van der Waals surface area contributed by atoms with Crippen molar-refractivity contribution in [3.05, 3.63) is 45.5 Å². The molecule has 2 aromatic rings. The maximum absolute atomic E-state index is 12.5. The molecule has 0 aliphatic carbocycles. The molecule has 0 unspecified atom stereocenters. The van der Waals surface area contributed by atoms with Gasteiger partial charge in [0, 0.05) is 11.0 Å². The first-order valence-electron chi connectivity index (χ1n) is 5.91. The van der Waals surface area contributed by atoms with Gasteiger partial charge in [-0.2, -0.15) is 0 Å². The second kappa shape index (κ2) is 4.59. The van der Waals surface area contributed by atoms with E-state index in [4.69, 9.17) is 4.74 Å². The summed E-state index contributed by atoms with van der Waals surface area (Å²) in [6.07, 6.45) is 1.74. The first-order chi connectivity index (χ1) is 9.15. The van der Waals surface area contributed by atoms with Crippen LogP contribution in [0.3, 0.4) is 0 Å². The van der Waals surface area contributed by atoms with E-state index in [0.717, 1.165) is 11.1 Å². The Labute approximate surface area is 114 Å². The van der Waals surface area contributed by atoms with Crippen LogP contribution in [0.2, 0.25) is 0 Å². The molecule has 1 aromatic carbocycles. The molecule has 19 heavy (non-hydrogen) atoms. The van der Waals surface area contributed by atoms with Gasteiger partial charge < -0.3 is 4.74 Å². The van der Waals surface area contributed by atoms with Gasteiger partial charge in [-0.3, -0.25) is 4.79 Å². The maximum atomic E-state index is 12.5. The van der Waals surface area contributed by atoms with Gasteiger partial charge in [0.05, 0.1) is 11.3 Å². The van der Waals surface area contributed by atoms with Crippen LogP contribution in [0, 0.1) is 13.8 Å². The quantitative estimate of drug-likeness (QED) is 0.749. The second-order valence-corrected chi connectivity index (χ2v) is 5.19. The van der Waals surface area contributed by atoms with Crippen molar-refractivity contribution in [3.63, 3.8) is 0 Å². The molecule has 0 atom stereocenters. The fraction of sp³-hybridized carbons (Fsp3) is 0.214. The predicted octanol–water partition coefficient (Wildman–Crippen LogP) is 2.81. The summed E-state index contributed by atoms with van der Waals surface area (Å²) in [5, 5.41) is 5.72. The largest absolute Gasteiger partial charge is 0.488 e. The lowest BCUT2D eigenvalue weighted by Crippen LogP contribution is -2.20. The molecule has 0 radical (unpaired) electrons. The minimum absolute atomic E-state index is 0.0149. The summed E-state index contributed by atoms with van der Waals surface area (Å²) in [4.78, 5) is 12.5. The van der Waals surface area contributed by atoms with Gasteiger partial charge >= 0.3 is 0 Å². The Morgan fingerprint density at radius 3 is 2.95 bits per heavy atom. The first-order valence-corrected chi connectivity index (χ1v) is 6.75. The zero-order chi connectivity index (χ0) is 13.4. The first kappa shape index (κ1) is 12.0. The molecule has 4 nitrogen and oxygen atoms in total. The SMILES string of the molecule is Cc1cc(C)c2c(c1)C(=O)/C(=C\c1csnn1)CO2. The Balaban J connectivity index is 2.05. The van der Waals surface area contributed by atoms with E-state index in [1.54, 1.807) is 11.5 Å². The molecule has 1 aromatic heterocycles. The number of fused-ring (bicyclic) bond motifs is 1. The predicted molar refractivity (Wildman–Crippen MR) is 73.6 cm³/mol. The summed E-state index contributed by atoms with van der Waals surface area (Å²) in [6.45, 7) is 4.22. The Kier molecular flexibility index (Phi) is 2.91. The van der Waals surface area contributed by atoms with Crippen LogP contribution in [-0.4, -0.2) is 22.0 Å². The van der Waals surface area contributed by atoms with Crippen LogP contribution in [0.4, 0.5) is 0 Å². The summed E-state index contributed by atoms with van der Waals surface area (Å²) < 4.78 is 9.49. The normalized spacial score (nSPS) is 16.3. The number of carbonyl (C=O) groups excluding carboxylic acids is 1. The van der Waals surface area contributed by atoms with Crippen LogP contribution >= 0.6 is 11.5 Å². The van der Waals surface area contributed by atoms with E-state index in [-0.39, 0.29) is 12.4 Å². The van der Waals surface area contributed by atoms with Gasteiger partial charge in [-0.1, -0.05) is 10.6 Å². The van der Waals surface area contributed by atoms with Crippen molar-refractivity contribution in [3.8, 4) is 5.75 Å². The van der Waals surface area contributed by atoms with Crippen molar-refractivity contribution in [2.24, 2.45) is 0 Å². The second-order valence-electron chi connectivity index (χ2n) is 4.58. The molecule has 0 spiro atoms. The van der Waals surface area contributed by atoms with Crippen LogP contribution in [0.15, 0.2) is 23.1 Å². The van der Waals surface area contributed by atoms with E-state index >= 15 is 0 Å². The number of hydrogen-bond donors (Lipinski definition) is 0. The molecule has 3 rings (SSSR count). The highest BCUT2D eigenvalue weighted by Gasteiger charge is 2.25. The minimum Gasteiger partial charge on any atom is -0.488 e.